The van der Waals surface area contributed by atoms with Gasteiger partial charge in [-0.2, -0.15) is 0 Å². The molecule has 1 rings (SSSR count). The number of aliphatic carboxylic acids is 1. The van der Waals surface area contributed by atoms with Crippen LogP contribution in [-0.4, -0.2) is 17.0 Å². The predicted octanol–water partition coefficient (Wildman–Crippen LogP) is 3.03. The fourth-order valence-electron chi connectivity index (χ4n) is 1.86. The zero-order valence-electron chi connectivity index (χ0n) is 11.9. The molecule has 1 aromatic carbocycles. The van der Waals surface area contributed by atoms with Gasteiger partial charge >= 0.3 is 5.97 Å². The van der Waals surface area contributed by atoms with Gasteiger partial charge in [-0.25, -0.2) is 0 Å². The van der Waals surface area contributed by atoms with E-state index in [2.05, 4.69) is 26.1 Å². The van der Waals surface area contributed by atoms with Crippen molar-refractivity contribution in [2.24, 2.45) is 5.92 Å². The number of hydrogen-bond donors (Lipinski definition) is 2. The highest BCUT2D eigenvalue weighted by Crippen LogP contribution is 2.29. The third kappa shape index (κ3) is 4.39. The Bertz CT molecular complexity index is 475. The maximum atomic E-state index is 12.0. The van der Waals surface area contributed by atoms with Gasteiger partial charge in [-0.15, -0.1) is 0 Å². The fourth-order valence-corrected chi connectivity index (χ4v) is 1.86. The number of nitrogens with one attached hydrogen (secondary N) is 1. The van der Waals surface area contributed by atoms with Gasteiger partial charge in [-0.3, -0.25) is 9.59 Å². The minimum Gasteiger partial charge on any atom is -0.481 e. The van der Waals surface area contributed by atoms with Gasteiger partial charge in [0.1, 0.15) is 0 Å². The monoisotopic (exact) mass is 263 g/mol. The highest BCUT2D eigenvalue weighted by molar-refractivity contribution is 5.94. The van der Waals surface area contributed by atoms with Crippen LogP contribution in [0, 0.1) is 5.92 Å². The van der Waals surface area contributed by atoms with Gasteiger partial charge in [0.15, 0.2) is 0 Å². The molecule has 0 bridgehead atoms. The summed E-state index contributed by atoms with van der Waals surface area (Å²) < 4.78 is 0. The van der Waals surface area contributed by atoms with Crippen molar-refractivity contribution >= 4 is 17.6 Å². The van der Waals surface area contributed by atoms with E-state index in [0.717, 1.165) is 11.3 Å². The second-order valence-corrected chi connectivity index (χ2v) is 5.78. The zero-order valence-corrected chi connectivity index (χ0v) is 11.9. The molecule has 19 heavy (non-hydrogen) atoms. The summed E-state index contributed by atoms with van der Waals surface area (Å²) in [6.45, 7) is 7.82. The lowest BCUT2D eigenvalue weighted by molar-refractivity contribution is -0.139. The smallest absolute Gasteiger partial charge is 0.304 e. The molecule has 1 aromatic rings. The molecule has 4 heteroatoms. The summed E-state index contributed by atoms with van der Waals surface area (Å²) in [6.07, 6.45) is -0.163. The topological polar surface area (TPSA) is 66.4 Å². The maximum Gasteiger partial charge on any atom is 0.304 e. The quantitative estimate of drug-likeness (QED) is 0.877. The van der Waals surface area contributed by atoms with Crippen LogP contribution in [0.15, 0.2) is 24.3 Å². The van der Waals surface area contributed by atoms with E-state index in [-0.39, 0.29) is 17.7 Å². The third-order valence-electron chi connectivity index (χ3n) is 2.92. The largest absolute Gasteiger partial charge is 0.481 e. The molecule has 0 spiro atoms. The van der Waals surface area contributed by atoms with Gasteiger partial charge in [-0.1, -0.05) is 45.9 Å². The highest BCUT2D eigenvalue weighted by Gasteiger charge is 2.21. The van der Waals surface area contributed by atoms with Gasteiger partial charge in [0.25, 0.3) is 0 Å². The summed E-state index contributed by atoms with van der Waals surface area (Å²) >= 11 is 0. The van der Waals surface area contributed by atoms with Crippen LogP contribution >= 0.6 is 0 Å². The molecule has 1 unspecified atom stereocenters. The normalized spacial score (nSPS) is 12.8. The van der Waals surface area contributed by atoms with Gasteiger partial charge in [0.2, 0.25) is 5.91 Å². The lowest BCUT2D eigenvalue weighted by atomic mass is 9.85. The van der Waals surface area contributed by atoms with Crippen molar-refractivity contribution < 1.29 is 14.7 Å². The summed E-state index contributed by atoms with van der Waals surface area (Å²) in [7, 11) is 0. The Morgan fingerprint density at radius 2 is 1.84 bits per heavy atom. The molecule has 1 amide bonds. The number of rotatable bonds is 4. The number of carbonyl (C=O) groups is 2. The number of para-hydroxylation sites is 1. The Morgan fingerprint density at radius 1 is 1.26 bits per heavy atom. The number of benzene rings is 1. The van der Waals surface area contributed by atoms with E-state index in [1.165, 1.54) is 0 Å². The van der Waals surface area contributed by atoms with E-state index in [1.807, 2.05) is 24.3 Å². The molecule has 0 aliphatic heterocycles. The van der Waals surface area contributed by atoms with Crippen LogP contribution in [0.5, 0.6) is 0 Å². The van der Waals surface area contributed by atoms with E-state index in [4.69, 9.17) is 5.11 Å². The minimum absolute atomic E-state index is 0.0834. The van der Waals surface area contributed by atoms with Crippen molar-refractivity contribution in [1.29, 1.82) is 0 Å². The first-order valence-corrected chi connectivity index (χ1v) is 6.34. The van der Waals surface area contributed by atoms with Gasteiger partial charge < -0.3 is 10.4 Å². The molecular weight excluding hydrogens is 242 g/mol. The third-order valence-corrected chi connectivity index (χ3v) is 2.92. The van der Waals surface area contributed by atoms with E-state index >= 15 is 0 Å². The van der Waals surface area contributed by atoms with Crippen molar-refractivity contribution in [2.75, 3.05) is 5.32 Å². The van der Waals surface area contributed by atoms with E-state index in [1.54, 1.807) is 6.92 Å². The van der Waals surface area contributed by atoms with Crippen LogP contribution in [0.1, 0.15) is 39.7 Å². The standard InChI is InChI=1S/C15H21NO3/c1-10(9-13(17)18)14(19)16-12-8-6-5-7-11(12)15(2,3)4/h5-8,10H,9H2,1-4H3,(H,16,19)(H,17,18). The Kier molecular flexibility index (Phi) is 4.70. The van der Waals surface area contributed by atoms with Crippen LogP contribution in [-0.2, 0) is 15.0 Å². The Morgan fingerprint density at radius 3 is 2.37 bits per heavy atom. The van der Waals surface area contributed by atoms with Crippen molar-refractivity contribution in [1.82, 2.24) is 0 Å². The lowest BCUT2D eigenvalue weighted by Gasteiger charge is -2.23. The molecule has 1 atom stereocenters. The fraction of sp³-hybridized carbons (Fsp3) is 0.467. The number of anilines is 1. The van der Waals surface area contributed by atoms with Crippen LogP contribution in [0.4, 0.5) is 5.69 Å². The van der Waals surface area contributed by atoms with Crippen molar-refractivity contribution in [3.8, 4) is 0 Å². The van der Waals surface area contributed by atoms with Crippen molar-refractivity contribution in [3.63, 3.8) is 0 Å². The SMILES string of the molecule is CC(CC(=O)O)C(=O)Nc1ccccc1C(C)(C)C. The first kappa shape index (κ1) is 15.2. The highest BCUT2D eigenvalue weighted by atomic mass is 16.4. The molecule has 104 valence electrons. The lowest BCUT2D eigenvalue weighted by Crippen LogP contribution is -2.25. The van der Waals surface area contributed by atoms with Crippen LogP contribution in [0.3, 0.4) is 0 Å². The molecule has 0 saturated heterocycles. The number of carbonyl (C=O) groups excluding carboxylic acids is 1. The second kappa shape index (κ2) is 5.87. The molecule has 0 saturated carbocycles. The molecule has 0 fully saturated rings. The summed E-state index contributed by atoms with van der Waals surface area (Å²) in [5, 5.41) is 11.5. The molecule has 0 aliphatic rings. The van der Waals surface area contributed by atoms with Crippen LogP contribution in [0.2, 0.25) is 0 Å². The summed E-state index contributed by atoms with van der Waals surface area (Å²) in [5.41, 5.74) is 1.70. The summed E-state index contributed by atoms with van der Waals surface area (Å²) in [6, 6.07) is 7.59. The summed E-state index contributed by atoms with van der Waals surface area (Å²) in [4.78, 5) is 22.6. The molecule has 0 radical (unpaired) electrons. The van der Waals surface area contributed by atoms with E-state index < -0.39 is 11.9 Å². The van der Waals surface area contributed by atoms with Gasteiger partial charge in [0.05, 0.1) is 6.42 Å². The zero-order chi connectivity index (χ0) is 14.6. The van der Waals surface area contributed by atoms with Crippen LogP contribution in [0.25, 0.3) is 0 Å². The number of carboxylic acids is 1. The number of hydrogen-bond acceptors (Lipinski definition) is 2. The maximum absolute atomic E-state index is 12.0. The molecule has 0 heterocycles. The Balaban J connectivity index is 2.88. The van der Waals surface area contributed by atoms with Crippen molar-refractivity contribution in [3.05, 3.63) is 29.8 Å². The number of amides is 1. The first-order valence-electron chi connectivity index (χ1n) is 6.34. The van der Waals surface area contributed by atoms with E-state index in [0.29, 0.717) is 0 Å². The van der Waals surface area contributed by atoms with Gasteiger partial charge in [0, 0.05) is 11.6 Å². The molecule has 0 aliphatic carbocycles. The Hall–Kier alpha value is -1.84. The van der Waals surface area contributed by atoms with Gasteiger partial charge in [-0.05, 0) is 17.0 Å². The van der Waals surface area contributed by atoms with Crippen LogP contribution < -0.4 is 5.32 Å². The molecule has 2 N–H and O–H groups in total. The predicted molar refractivity (Wildman–Crippen MR) is 75.2 cm³/mol. The molecule has 4 nitrogen and oxygen atoms in total. The minimum atomic E-state index is -0.966. The summed E-state index contributed by atoms with van der Waals surface area (Å²) in [5.74, 6) is -1.78. The average Bonchev–Trinajstić information content (AvgIpc) is 2.27. The molecular formula is C15H21NO3. The average molecular weight is 263 g/mol. The molecule has 0 aromatic heterocycles. The first-order chi connectivity index (χ1) is 8.71. The van der Waals surface area contributed by atoms with E-state index in [9.17, 15) is 9.59 Å². The Labute approximate surface area is 113 Å². The number of carboxylic acid groups (broad SMARTS) is 1. The second-order valence-electron chi connectivity index (χ2n) is 5.78. The van der Waals surface area contributed by atoms with Crippen molar-refractivity contribution in [2.45, 2.75) is 39.5 Å².